The van der Waals surface area contributed by atoms with Gasteiger partial charge in [-0.05, 0) is 29.8 Å². The Bertz CT molecular complexity index is 770. The van der Waals surface area contributed by atoms with Crippen LogP contribution in [0.2, 0.25) is 0 Å². The van der Waals surface area contributed by atoms with Gasteiger partial charge >= 0.3 is 6.09 Å². The van der Waals surface area contributed by atoms with Gasteiger partial charge in [0.15, 0.2) is 5.13 Å². The summed E-state index contributed by atoms with van der Waals surface area (Å²) in [6.45, 7) is 0. The number of hydrogen-bond donors (Lipinski definition) is 3. The molecule has 1 aromatic heterocycles. The monoisotopic (exact) mass is 311 g/mol. The first-order chi connectivity index (χ1) is 10.7. The van der Waals surface area contributed by atoms with Crippen LogP contribution < -0.4 is 10.6 Å². The predicted octanol–water partition coefficient (Wildman–Crippen LogP) is 4.64. The molecule has 5 nitrogen and oxygen atoms in total. The van der Waals surface area contributed by atoms with Crippen molar-refractivity contribution in [1.82, 2.24) is 4.98 Å². The molecule has 110 valence electrons. The molecule has 0 aliphatic rings. The first-order valence-corrected chi connectivity index (χ1v) is 7.41. The van der Waals surface area contributed by atoms with E-state index >= 15 is 0 Å². The highest BCUT2D eigenvalue weighted by atomic mass is 32.1. The maximum Gasteiger partial charge on any atom is 0.409 e. The fourth-order valence-electron chi connectivity index (χ4n) is 1.95. The quantitative estimate of drug-likeness (QED) is 0.656. The van der Waals surface area contributed by atoms with E-state index in [1.165, 1.54) is 0 Å². The molecule has 22 heavy (non-hydrogen) atoms. The minimum absolute atomic E-state index is 0.530. The van der Waals surface area contributed by atoms with Crippen LogP contribution in [-0.4, -0.2) is 16.2 Å². The van der Waals surface area contributed by atoms with Gasteiger partial charge in [-0.3, -0.25) is 5.32 Å². The third-order valence-corrected chi connectivity index (χ3v) is 3.91. The van der Waals surface area contributed by atoms with Gasteiger partial charge in [0.2, 0.25) is 0 Å². The average molecular weight is 311 g/mol. The molecule has 6 heteroatoms. The molecule has 3 aromatic rings. The van der Waals surface area contributed by atoms with Crippen molar-refractivity contribution in [2.24, 2.45) is 0 Å². The molecule has 0 fully saturated rings. The number of benzene rings is 2. The summed E-state index contributed by atoms with van der Waals surface area (Å²) in [5, 5.41) is 14.9. The number of hydrogen-bond acceptors (Lipinski definition) is 4. The molecule has 0 atom stereocenters. The average Bonchev–Trinajstić information content (AvgIpc) is 2.98. The number of anilines is 3. The van der Waals surface area contributed by atoms with Crippen molar-refractivity contribution in [1.29, 1.82) is 0 Å². The summed E-state index contributed by atoms with van der Waals surface area (Å²) in [6.07, 6.45) is 0.760. The maximum atomic E-state index is 10.5. The second-order valence-corrected chi connectivity index (χ2v) is 5.56. The first kappa shape index (κ1) is 14.1. The summed E-state index contributed by atoms with van der Waals surface area (Å²) in [7, 11) is 0. The topological polar surface area (TPSA) is 74.2 Å². The lowest BCUT2D eigenvalue weighted by atomic mass is 10.2. The molecule has 0 saturated heterocycles. The Balaban J connectivity index is 1.71. The van der Waals surface area contributed by atoms with E-state index in [4.69, 9.17) is 5.11 Å². The van der Waals surface area contributed by atoms with Crippen LogP contribution in [-0.2, 0) is 0 Å². The Morgan fingerprint density at radius 2 is 1.68 bits per heavy atom. The van der Waals surface area contributed by atoms with Gasteiger partial charge < -0.3 is 10.4 Å². The Hall–Kier alpha value is -2.86. The molecule has 2 aromatic carbocycles. The van der Waals surface area contributed by atoms with Gasteiger partial charge in [0.05, 0.1) is 4.88 Å². The molecule has 3 rings (SSSR count). The van der Waals surface area contributed by atoms with Crippen molar-refractivity contribution in [3.05, 3.63) is 60.8 Å². The standard InChI is InChI=1S/C16H13N3O2S/c20-16(21)19-13-8-6-12(7-9-13)18-15-17-10-14(22-15)11-4-2-1-3-5-11/h1-10,19H,(H,17,18)(H,20,21). The van der Waals surface area contributed by atoms with Crippen molar-refractivity contribution in [3.8, 4) is 10.4 Å². The van der Waals surface area contributed by atoms with Gasteiger partial charge in [0.1, 0.15) is 0 Å². The predicted molar refractivity (Wildman–Crippen MR) is 88.9 cm³/mol. The van der Waals surface area contributed by atoms with Crippen molar-refractivity contribution in [2.45, 2.75) is 0 Å². The van der Waals surface area contributed by atoms with Crippen LogP contribution in [0.15, 0.2) is 60.8 Å². The van der Waals surface area contributed by atoms with Crippen LogP contribution in [0.25, 0.3) is 10.4 Å². The van der Waals surface area contributed by atoms with Crippen LogP contribution in [0.4, 0.5) is 21.3 Å². The van der Waals surface area contributed by atoms with E-state index in [0.717, 1.165) is 21.3 Å². The number of carboxylic acid groups (broad SMARTS) is 1. The molecular weight excluding hydrogens is 298 g/mol. The zero-order valence-electron chi connectivity index (χ0n) is 11.5. The molecule has 0 aliphatic carbocycles. The van der Waals surface area contributed by atoms with Gasteiger partial charge in [0, 0.05) is 17.6 Å². The van der Waals surface area contributed by atoms with Gasteiger partial charge in [-0.1, -0.05) is 41.7 Å². The van der Waals surface area contributed by atoms with E-state index < -0.39 is 6.09 Å². The Labute approximate surface area is 131 Å². The van der Waals surface area contributed by atoms with E-state index in [-0.39, 0.29) is 0 Å². The number of thiazole rings is 1. The first-order valence-electron chi connectivity index (χ1n) is 6.59. The Morgan fingerprint density at radius 1 is 1.00 bits per heavy atom. The number of nitrogens with zero attached hydrogens (tertiary/aromatic N) is 1. The van der Waals surface area contributed by atoms with Crippen LogP contribution in [0.1, 0.15) is 0 Å². The number of carbonyl (C=O) groups is 1. The molecule has 0 spiro atoms. The second-order valence-electron chi connectivity index (χ2n) is 4.53. The van der Waals surface area contributed by atoms with Crippen molar-refractivity contribution < 1.29 is 9.90 Å². The summed E-state index contributed by atoms with van der Waals surface area (Å²) >= 11 is 1.56. The summed E-state index contributed by atoms with van der Waals surface area (Å²) < 4.78 is 0. The molecule has 0 aliphatic heterocycles. The van der Waals surface area contributed by atoms with Crippen molar-refractivity contribution >= 4 is 33.9 Å². The summed E-state index contributed by atoms with van der Waals surface area (Å²) in [5.74, 6) is 0. The maximum absolute atomic E-state index is 10.5. The fourth-order valence-corrected chi connectivity index (χ4v) is 2.79. The van der Waals surface area contributed by atoms with Crippen molar-refractivity contribution in [3.63, 3.8) is 0 Å². The normalized spacial score (nSPS) is 10.2. The molecular formula is C16H13N3O2S. The number of nitrogens with one attached hydrogen (secondary N) is 2. The second kappa shape index (κ2) is 6.28. The van der Waals surface area contributed by atoms with Gasteiger partial charge in [-0.2, -0.15) is 0 Å². The van der Waals surface area contributed by atoms with Gasteiger partial charge in [-0.25, -0.2) is 9.78 Å². The van der Waals surface area contributed by atoms with Crippen LogP contribution in [0.5, 0.6) is 0 Å². The van der Waals surface area contributed by atoms with E-state index in [2.05, 4.69) is 15.6 Å². The zero-order valence-corrected chi connectivity index (χ0v) is 12.3. The fraction of sp³-hybridized carbons (Fsp3) is 0. The molecule has 1 heterocycles. The lowest BCUT2D eigenvalue weighted by molar-refractivity contribution is 0.210. The molecule has 0 saturated carbocycles. The largest absolute Gasteiger partial charge is 0.465 e. The summed E-state index contributed by atoms with van der Waals surface area (Å²) in [5.41, 5.74) is 2.51. The lowest BCUT2D eigenvalue weighted by Gasteiger charge is -2.04. The molecule has 0 bridgehead atoms. The van der Waals surface area contributed by atoms with Gasteiger partial charge in [0.25, 0.3) is 0 Å². The third-order valence-electron chi connectivity index (χ3n) is 2.95. The number of rotatable bonds is 4. The SMILES string of the molecule is O=C(O)Nc1ccc(Nc2ncc(-c3ccccc3)s2)cc1. The highest BCUT2D eigenvalue weighted by Crippen LogP contribution is 2.30. The number of aromatic nitrogens is 1. The minimum atomic E-state index is -1.08. The Kier molecular flexibility index (Phi) is 4.02. The summed E-state index contributed by atoms with van der Waals surface area (Å²) in [4.78, 5) is 16.0. The molecule has 0 unspecified atom stereocenters. The van der Waals surface area contributed by atoms with E-state index in [1.54, 1.807) is 35.6 Å². The third kappa shape index (κ3) is 3.42. The smallest absolute Gasteiger partial charge is 0.409 e. The van der Waals surface area contributed by atoms with Crippen LogP contribution >= 0.6 is 11.3 Å². The van der Waals surface area contributed by atoms with E-state index in [9.17, 15) is 4.79 Å². The lowest BCUT2D eigenvalue weighted by Crippen LogP contribution is -2.06. The number of amides is 1. The van der Waals surface area contributed by atoms with Crippen LogP contribution in [0, 0.1) is 0 Å². The Morgan fingerprint density at radius 3 is 2.36 bits per heavy atom. The highest BCUT2D eigenvalue weighted by molar-refractivity contribution is 7.18. The minimum Gasteiger partial charge on any atom is -0.465 e. The molecule has 0 radical (unpaired) electrons. The zero-order chi connectivity index (χ0) is 15.4. The van der Waals surface area contributed by atoms with Gasteiger partial charge in [-0.15, -0.1) is 0 Å². The van der Waals surface area contributed by atoms with Crippen LogP contribution in [0.3, 0.4) is 0 Å². The molecule has 1 amide bonds. The summed E-state index contributed by atoms with van der Waals surface area (Å²) in [6, 6.07) is 17.1. The van der Waals surface area contributed by atoms with E-state index in [1.807, 2.05) is 36.5 Å². The highest BCUT2D eigenvalue weighted by Gasteiger charge is 2.05. The molecule has 3 N–H and O–H groups in total. The van der Waals surface area contributed by atoms with E-state index in [0.29, 0.717) is 5.69 Å². The van der Waals surface area contributed by atoms with Crippen molar-refractivity contribution in [2.75, 3.05) is 10.6 Å².